The molecule has 2 aromatic rings. The molecule has 0 amide bonds. The lowest BCUT2D eigenvalue weighted by atomic mass is 10.4. The summed E-state index contributed by atoms with van der Waals surface area (Å²) in [5, 5.41) is 0. The third-order valence-electron chi connectivity index (χ3n) is 2.34. The fourth-order valence-corrected chi connectivity index (χ4v) is 3.00. The van der Waals surface area contributed by atoms with Gasteiger partial charge >= 0.3 is 0 Å². The van der Waals surface area contributed by atoms with Crippen molar-refractivity contribution in [1.29, 1.82) is 0 Å². The van der Waals surface area contributed by atoms with Crippen molar-refractivity contribution in [2.75, 3.05) is 7.11 Å². The molecule has 1 aromatic carbocycles. The molecule has 0 atom stereocenters. The summed E-state index contributed by atoms with van der Waals surface area (Å²) in [6.45, 7) is 0.344. The van der Waals surface area contributed by atoms with Gasteiger partial charge in [-0.1, -0.05) is 12.1 Å². The zero-order valence-corrected chi connectivity index (χ0v) is 12.8. The highest BCUT2D eigenvalue weighted by atomic mass is 79.9. The highest BCUT2D eigenvalue weighted by molar-refractivity contribution is 9.10. The first-order valence-electron chi connectivity index (χ1n) is 5.64. The number of thioether (sulfide) groups is 1. The molecule has 0 bridgehead atoms. The second kappa shape index (κ2) is 6.88. The summed E-state index contributed by atoms with van der Waals surface area (Å²) in [6.07, 6.45) is 0. The van der Waals surface area contributed by atoms with Gasteiger partial charge in [-0.05, 0) is 28.1 Å². The molecule has 0 saturated heterocycles. The second-order valence-electron chi connectivity index (χ2n) is 3.84. The van der Waals surface area contributed by atoms with E-state index in [4.69, 9.17) is 4.74 Å². The van der Waals surface area contributed by atoms with Crippen molar-refractivity contribution in [3.63, 3.8) is 0 Å². The van der Waals surface area contributed by atoms with E-state index in [2.05, 4.69) is 25.9 Å². The SMILES string of the molecule is COCc1cc(=O)[nH]c(CSc2ccccc2Br)n1. The Labute approximate surface area is 123 Å². The summed E-state index contributed by atoms with van der Waals surface area (Å²) in [7, 11) is 1.58. The van der Waals surface area contributed by atoms with Crippen molar-refractivity contribution in [3.05, 3.63) is 56.7 Å². The minimum Gasteiger partial charge on any atom is -0.378 e. The number of hydrogen-bond acceptors (Lipinski definition) is 4. The monoisotopic (exact) mass is 340 g/mol. The van der Waals surface area contributed by atoms with E-state index >= 15 is 0 Å². The Morgan fingerprint density at radius 1 is 1.42 bits per heavy atom. The number of halogens is 1. The van der Waals surface area contributed by atoms with E-state index in [0.717, 1.165) is 9.37 Å². The van der Waals surface area contributed by atoms with Gasteiger partial charge in [-0.2, -0.15) is 0 Å². The topological polar surface area (TPSA) is 55.0 Å². The minimum absolute atomic E-state index is 0.148. The second-order valence-corrected chi connectivity index (χ2v) is 5.71. The number of rotatable bonds is 5. The predicted octanol–water partition coefficient (Wildman–Crippen LogP) is 2.97. The van der Waals surface area contributed by atoms with Crippen LogP contribution in [0.4, 0.5) is 0 Å². The molecule has 1 N–H and O–H groups in total. The van der Waals surface area contributed by atoms with Gasteiger partial charge in [-0.3, -0.25) is 4.79 Å². The van der Waals surface area contributed by atoms with E-state index in [1.165, 1.54) is 6.07 Å². The summed E-state index contributed by atoms with van der Waals surface area (Å²) >= 11 is 5.11. The van der Waals surface area contributed by atoms with Crippen LogP contribution in [0, 0.1) is 0 Å². The van der Waals surface area contributed by atoms with Gasteiger partial charge in [0.1, 0.15) is 5.82 Å². The molecule has 0 radical (unpaired) electrons. The molecule has 0 aliphatic heterocycles. The number of benzene rings is 1. The number of aromatic nitrogens is 2. The average Bonchev–Trinajstić information content (AvgIpc) is 2.37. The van der Waals surface area contributed by atoms with Crippen LogP contribution in [-0.2, 0) is 17.1 Å². The lowest BCUT2D eigenvalue weighted by molar-refractivity contribution is 0.181. The number of methoxy groups -OCH3 is 1. The molecular formula is C13H13BrN2O2S. The van der Waals surface area contributed by atoms with Crippen molar-refractivity contribution in [2.24, 2.45) is 0 Å². The van der Waals surface area contributed by atoms with Gasteiger partial charge in [-0.15, -0.1) is 11.8 Å². The van der Waals surface area contributed by atoms with Crippen LogP contribution in [0.15, 0.2) is 44.5 Å². The lowest BCUT2D eigenvalue weighted by Gasteiger charge is -2.05. The molecule has 0 spiro atoms. The maximum absolute atomic E-state index is 11.5. The molecule has 100 valence electrons. The number of ether oxygens (including phenoxy) is 1. The van der Waals surface area contributed by atoms with Crippen LogP contribution >= 0.6 is 27.7 Å². The Bertz CT molecular complexity index is 616. The van der Waals surface area contributed by atoms with Crippen LogP contribution in [0.25, 0.3) is 0 Å². The van der Waals surface area contributed by atoms with Crippen molar-refractivity contribution in [2.45, 2.75) is 17.3 Å². The maximum Gasteiger partial charge on any atom is 0.251 e. The smallest absolute Gasteiger partial charge is 0.251 e. The van der Waals surface area contributed by atoms with Crippen molar-refractivity contribution in [3.8, 4) is 0 Å². The molecule has 0 saturated carbocycles. The highest BCUT2D eigenvalue weighted by Crippen LogP contribution is 2.28. The third-order valence-corrected chi connectivity index (χ3v) is 4.38. The van der Waals surface area contributed by atoms with Crippen LogP contribution in [0.5, 0.6) is 0 Å². The van der Waals surface area contributed by atoms with Crippen molar-refractivity contribution in [1.82, 2.24) is 9.97 Å². The molecular weight excluding hydrogens is 328 g/mol. The molecule has 0 fully saturated rings. The number of nitrogens with one attached hydrogen (secondary N) is 1. The van der Waals surface area contributed by atoms with Gasteiger partial charge in [0, 0.05) is 22.5 Å². The van der Waals surface area contributed by atoms with E-state index in [-0.39, 0.29) is 5.56 Å². The summed E-state index contributed by atoms with van der Waals surface area (Å²) < 4.78 is 6.03. The van der Waals surface area contributed by atoms with Gasteiger partial charge in [-0.25, -0.2) is 4.98 Å². The van der Waals surface area contributed by atoms with E-state index in [1.54, 1.807) is 18.9 Å². The third kappa shape index (κ3) is 4.19. The molecule has 19 heavy (non-hydrogen) atoms. The van der Waals surface area contributed by atoms with Crippen LogP contribution in [0.2, 0.25) is 0 Å². The molecule has 0 aliphatic carbocycles. The lowest BCUT2D eigenvalue weighted by Crippen LogP contribution is -2.12. The maximum atomic E-state index is 11.5. The number of nitrogens with zero attached hydrogens (tertiary/aromatic N) is 1. The molecule has 2 rings (SSSR count). The Morgan fingerprint density at radius 2 is 2.21 bits per heavy atom. The van der Waals surface area contributed by atoms with Gasteiger partial charge in [0.15, 0.2) is 0 Å². The molecule has 0 unspecified atom stereocenters. The van der Waals surface area contributed by atoms with E-state index in [0.29, 0.717) is 23.9 Å². The predicted molar refractivity (Wildman–Crippen MR) is 79.3 cm³/mol. The summed E-state index contributed by atoms with van der Waals surface area (Å²) in [6, 6.07) is 9.40. The van der Waals surface area contributed by atoms with Gasteiger partial charge in [0.2, 0.25) is 0 Å². The molecule has 1 heterocycles. The largest absolute Gasteiger partial charge is 0.378 e. The van der Waals surface area contributed by atoms with Gasteiger partial charge in [0.05, 0.1) is 18.1 Å². The van der Waals surface area contributed by atoms with E-state index < -0.39 is 0 Å². The minimum atomic E-state index is -0.148. The van der Waals surface area contributed by atoms with Crippen LogP contribution < -0.4 is 5.56 Å². The highest BCUT2D eigenvalue weighted by Gasteiger charge is 2.04. The summed E-state index contributed by atoms with van der Waals surface area (Å²) in [4.78, 5) is 19.7. The Hall–Kier alpha value is -1.11. The van der Waals surface area contributed by atoms with Gasteiger partial charge < -0.3 is 9.72 Å². The number of H-pyrrole nitrogens is 1. The van der Waals surface area contributed by atoms with Gasteiger partial charge in [0.25, 0.3) is 5.56 Å². The Morgan fingerprint density at radius 3 is 2.95 bits per heavy atom. The summed E-state index contributed by atoms with van der Waals surface area (Å²) in [5.74, 6) is 1.26. The van der Waals surface area contributed by atoms with E-state index in [1.807, 2.05) is 24.3 Å². The summed E-state index contributed by atoms with van der Waals surface area (Å²) in [5.41, 5.74) is 0.499. The Balaban J connectivity index is 2.11. The van der Waals surface area contributed by atoms with Crippen LogP contribution in [-0.4, -0.2) is 17.1 Å². The standard InChI is InChI=1S/C13H13BrN2O2S/c1-18-7-9-6-13(17)16-12(15-9)8-19-11-5-3-2-4-10(11)14/h2-6H,7-8H2,1H3,(H,15,16,17). The Kier molecular flexibility index (Phi) is 5.18. The first kappa shape index (κ1) is 14.3. The van der Waals surface area contributed by atoms with Crippen molar-refractivity contribution < 1.29 is 4.74 Å². The van der Waals surface area contributed by atoms with Crippen LogP contribution in [0.3, 0.4) is 0 Å². The molecule has 0 aliphatic rings. The number of hydrogen-bond donors (Lipinski definition) is 1. The first-order chi connectivity index (χ1) is 9.19. The fraction of sp³-hybridized carbons (Fsp3) is 0.231. The fourth-order valence-electron chi connectivity index (χ4n) is 1.56. The zero-order chi connectivity index (χ0) is 13.7. The number of aromatic amines is 1. The molecule has 1 aromatic heterocycles. The van der Waals surface area contributed by atoms with Crippen molar-refractivity contribution >= 4 is 27.7 Å². The molecule has 4 nitrogen and oxygen atoms in total. The quantitative estimate of drug-likeness (QED) is 0.850. The zero-order valence-electron chi connectivity index (χ0n) is 10.4. The molecule has 6 heteroatoms. The van der Waals surface area contributed by atoms with Crippen LogP contribution in [0.1, 0.15) is 11.5 Å². The average molecular weight is 341 g/mol. The normalized spacial score (nSPS) is 10.6. The first-order valence-corrected chi connectivity index (χ1v) is 7.42. The van der Waals surface area contributed by atoms with E-state index in [9.17, 15) is 4.79 Å².